The zero-order chi connectivity index (χ0) is 10.0. The Balaban J connectivity index is 3.26. The summed E-state index contributed by atoms with van der Waals surface area (Å²) >= 11 is 0. The van der Waals surface area contributed by atoms with E-state index in [2.05, 4.69) is 9.97 Å². The third kappa shape index (κ3) is 1.80. The van der Waals surface area contributed by atoms with Crippen LogP contribution in [0.5, 0.6) is 0 Å². The molecule has 70 valence electrons. The molecule has 1 heterocycles. The minimum Gasteiger partial charge on any atom is -0.476 e. The number of aromatic nitrogens is 2. The molecule has 1 aromatic heterocycles. The smallest absolute Gasteiger partial charge is 0.357 e. The number of halogens is 1. The summed E-state index contributed by atoms with van der Waals surface area (Å²) in [5.41, 5.74) is -0.439. The van der Waals surface area contributed by atoms with Crippen molar-refractivity contribution in [3.8, 4) is 0 Å². The van der Waals surface area contributed by atoms with Crippen LogP contribution in [0, 0.1) is 5.82 Å². The highest BCUT2D eigenvalue weighted by atomic mass is 19.1. The highest BCUT2D eigenvalue weighted by molar-refractivity contribution is 5.85. The van der Waals surface area contributed by atoms with E-state index in [1.807, 2.05) is 0 Å². The van der Waals surface area contributed by atoms with Gasteiger partial charge in [-0.05, 0) is 5.92 Å². The summed E-state index contributed by atoms with van der Waals surface area (Å²) in [7, 11) is 0. The van der Waals surface area contributed by atoms with E-state index in [1.54, 1.807) is 13.8 Å². The van der Waals surface area contributed by atoms with Gasteiger partial charge in [0, 0.05) is 0 Å². The van der Waals surface area contributed by atoms with Crippen LogP contribution in [0.2, 0.25) is 0 Å². The molecule has 0 saturated heterocycles. The lowest BCUT2D eigenvalue weighted by molar-refractivity contribution is 0.0684. The van der Waals surface area contributed by atoms with Gasteiger partial charge in [-0.1, -0.05) is 13.8 Å². The fourth-order valence-electron chi connectivity index (χ4n) is 0.935. The number of rotatable bonds is 2. The van der Waals surface area contributed by atoms with E-state index in [4.69, 9.17) is 5.11 Å². The monoisotopic (exact) mass is 184 g/mol. The topological polar surface area (TPSA) is 63.1 Å². The fraction of sp³-hybridized carbons (Fsp3) is 0.375. The molecule has 0 atom stereocenters. The third-order valence-electron chi connectivity index (χ3n) is 1.57. The summed E-state index contributed by atoms with van der Waals surface area (Å²) in [5.74, 6) is -2.37. The first-order chi connectivity index (χ1) is 6.04. The molecule has 0 unspecified atom stereocenters. The zero-order valence-corrected chi connectivity index (χ0v) is 7.28. The molecule has 0 fully saturated rings. The van der Waals surface area contributed by atoms with Crippen LogP contribution in [-0.4, -0.2) is 21.0 Å². The molecule has 0 spiro atoms. The van der Waals surface area contributed by atoms with Crippen molar-refractivity contribution < 1.29 is 14.3 Å². The van der Waals surface area contributed by atoms with E-state index in [0.29, 0.717) is 0 Å². The van der Waals surface area contributed by atoms with E-state index < -0.39 is 17.5 Å². The Morgan fingerprint density at radius 1 is 1.54 bits per heavy atom. The van der Waals surface area contributed by atoms with Gasteiger partial charge in [-0.15, -0.1) is 0 Å². The normalized spacial score (nSPS) is 10.5. The number of nitrogens with zero attached hydrogens (tertiary/aromatic N) is 2. The fourth-order valence-corrected chi connectivity index (χ4v) is 0.935. The number of carboxylic acids is 1. The van der Waals surface area contributed by atoms with Gasteiger partial charge in [-0.2, -0.15) is 0 Å². The van der Waals surface area contributed by atoms with E-state index in [-0.39, 0.29) is 11.6 Å². The second-order valence-electron chi connectivity index (χ2n) is 2.88. The number of carboxylic acid groups (broad SMARTS) is 1. The predicted octanol–water partition coefficient (Wildman–Crippen LogP) is 1.44. The van der Waals surface area contributed by atoms with Crippen LogP contribution in [-0.2, 0) is 0 Å². The van der Waals surface area contributed by atoms with Crippen molar-refractivity contribution in [3.63, 3.8) is 0 Å². The molecule has 0 aliphatic rings. The molecule has 13 heavy (non-hydrogen) atoms. The van der Waals surface area contributed by atoms with Gasteiger partial charge >= 0.3 is 5.97 Å². The Labute approximate surface area is 74.5 Å². The maximum absolute atomic E-state index is 13.3. The number of aromatic carboxylic acids is 1. The van der Waals surface area contributed by atoms with Crippen molar-refractivity contribution in [2.75, 3.05) is 0 Å². The molecule has 0 radical (unpaired) electrons. The molecule has 0 bridgehead atoms. The van der Waals surface area contributed by atoms with Gasteiger partial charge in [0.1, 0.15) is 6.33 Å². The molecule has 1 N–H and O–H groups in total. The van der Waals surface area contributed by atoms with Crippen LogP contribution in [0.3, 0.4) is 0 Å². The first-order valence-corrected chi connectivity index (χ1v) is 3.77. The standard InChI is InChI=1S/C8H9FN2O2/c1-4(2)6-5(9)7(8(12)13)11-3-10-6/h3-4H,1-2H3,(H,12,13). The summed E-state index contributed by atoms with van der Waals surface area (Å²) in [6.07, 6.45) is 1.06. The average Bonchev–Trinajstić information content (AvgIpc) is 2.03. The Hall–Kier alpha value is -1.52. The first-order valence-electron chi connectivity index (χ1n) is 3.77. The summed E-state index contributed by atoms with van der Waals surface area (Å²) in [6, 6.07) is 0. The van der Waals surface area contributed by atoms with E-state index in [9.17, 15) is 9.18 Å². The minimum atomic E-state index is -1.37. The molecule has 0 aliphatic heterocycles. The van der Waals surface area contributed by atoms with Gasteiger partial charge in [0.05, 0.1) is 5.69 Å². The van der Waals surface area contributed by atoms with Crippen LogP contribution in [0.25, 0.3) is 0 Å². The molecule has 1 rings (SSSR count). The Morgan fingerprint density at radius 3 is 2.62 bits per heavy atom. The van der Waals surface area contributed by atoms with Gasteiger partial charge in [0.25, 0.3) is 0 Å². The molecule has 0 aromatic carbocycles. The zero-order valence-electron chi connectivity index (χ0n) is 7.28. The number of carbonyl (C=O) groups is 1. The third-order valence-corrected chi connectivity index (χ3v) is 1.57. The molecular formula is C8H9FN2O2. The second kappa shape index (κ2) is 3.47. The van der Waals surface area contributed by atoms with Crippen molar-refractivity contribution in [1.29, 1.82) is 0 Å². The maximum Gasteiger partial charge on any atom is 0.357 e. The Morgan fingerprint density at radius 2 is 2.15 bits per heavy atom. The number of hydrogen-bond donors (Lipinski definition) is 1. The van der Waals surface area contributed by atoms with Crippen molar-refractivity contribution in [1.82, 2.24) is 9.97 Å². The first kappa shape index (κ1) is 9.57. The largest absolute Gasteiger partial charge is 0.476 e. The SMILES string of the molecule is CC(C)c1ncnc(C(=O)O)c1F. The van der Waals surface area contributed by atoms with Crippen molar-refractivity contribution in [2.45, 2.75) is 19.8 Å². The Bertz CT molecular complexity index is 339. The summed E-state index contributed by atoms with van der Waals surface area (Å²) < 4.78 is 13.3. The van der Waals surface area contributed by atoms with Gasteiger partial charge in [0.2, 0.25) is 0 Å². The minimum absolute atomic E-state index is 0.132. The highest BCUT2D eigenvalue weighted by Gasteiger charge is 2.18. The molecule has 5 heteroatoms. The summed E-state index contributed by atoms with van der Waals surface area (Å²) in [4.78, 5) is 17.5. The lowest BCUT2D eigenvalue weighted by Crippen LogP contribution is -2.09. The van der Waals surface area contributed by atoms with Crippen LogP contribution < -0.4 is 0 Å². The van der Waals surface area contributed by atoms with Crippen molar-refractivity contribution in [3.05, 3.63) is 23.5 Å². The van der Waals surface area contributed by atoms with Gasteiger partial charge < -0.3 is 5.11 Å². The molecule has 0 aliphatic carbocycles. The summed E-state index contributed by atoms with van der Waals surface area (Å²) in [5, 5.41) is 8.54. The van der Waals surface area contributed by atoms with Crippen LogP contribution >= 0.6 is 0 Å². The van der Waals surface area contributed by atoms with Crippen LogP contribution in [0.1, 0.15) is 35.9 Å². The maximum atomic E-state index is 13.3. The molecule has 0 saturated carbocycles. The average molecular weight is 184 g/mol. The van der Waals surface area contributed by atoms with E-state index in [1.165, 1.54) is 0 Å². The quantitative estimate of drug-likeness (QED) is 0.755. The highest BCUT2D eigenvalue weighted by Crippen LogP contribution is 2.16. The lowest BCUT2D eigenvalue weighted by atomic mass is 10.1. The van der Waals surface area contributed by atoms with Crippen molar-refractivity contribution in [2.24, 2.45) is 0 Å². The number of hydrogen-bond acceptors (Lipinski definition) is 3. The van der Waals surface area contributed by atoms with Crippen molar-refractivity contribution >= 4 is 5.97 Å². The van der Waals surface area contributed by atoms with Crippen LogP contribution in [0.4, 0.5) is 4.39 Å². The molecular weight excluding hydrogens is 175 g/mol. The lowest BCUT2D eigenvalue weighted by Gasteiger charge is -2.05. The molecule has 4 nitrogen and oxygen atoms in total. The molecule has 0 amide bonds. The van der Waals surface area contributed by atoms with E-state index in [0.717, 1.165) is 6.33 Å². The Kier molecular flexibility index (Phi) is 2.55. The predicted molar refractivity (Wildman–Crippen MR) is 43.0 cm³/mol. The molecule has 1 aromatic rings. The second-order valence-corrected chi connectivity index (χ2v) is 2.88. The summed E-state index contributed by atoms with van der Waals surface area (Å²) in [6.45, 7) is 3.47. The van der Waals surface area contributed by atoms with Gasteiger partial charge in [0.15, 0.2) is 11.5 Å². The van der Waals surface area contributed by atoms with Crippen LogP contribution in [0.15, 0.2) is 6.33 Å². The van der Waals surface area contributed by atoms with Gasteiger partial charge in [-0.3, -0.25) is 0 Å². The van der Waals surface area contributed by atoms with Gasteiger partial charge in [-0.25, -0.2) is 19.2 Å². The van der Waals surface area contributed by atoms with E-state index >= 15 is 0 Å².